The van der Waals surface area contributed by atoms with Crippen LogP contribution in [0, 0.1) is 0 Å². The van der Waals surface area contributed by atoms with E-state index in [0.717, 1.165) is 45.1 Å². The number of hydrogen-bond acceptors (Lipinski definition) is 10. The maximum atomic E-state index is 12.4. The molecule has 0 aliphatic heterocycles. The number of ether oxygens (including phenoxy) is 4. The van der Waals surface area contributed by atoms with E-state index < -0.39 is 0 Å². The molecular weight excluding hydrogens is 636 g/mol. The Kier molecular flexibility index (Phi) is 33.7. The molecule has 0 radical (unpaired) electrons. The van der Waals surface area contributed by atoms with Gasteiger partial charge in [0.05, 0.1) is 12.6 Å². The number of esters is 4. The summed E-state index contributed by atoms with van der Waals surface area (Å²) in [5.74, 6) is -1.08. The van der Waals surface area contributed by atoms with Crippen LogP contribution in [0.4, 0.5) is 0 Å². The Morgan fingerprint density at radius 2 is 1.00 bits per heavy atom. The summed E-state index contributed by atoms with van der Waals surface area (Å²) in [4.78, 5) is 51.2. The van der Waals surface area contributed by atoms with E-state index >= 15 is 0 Å². The second kappa shape index (κ2) is 35.2. The first-order valence-electron chi connectivity index (χ1n) is 20.3. The molecule has 294 valence electrons. The van der Waals surface area contributed by atoms with Crippen LogP contribution < -0.4 is 5.32 Å². The van der Waals surface area contributed by atoms with Crippen LogP contribution in [0.25, 0.3) is 0 Å². The molecule has 2 atom stereocenters. The molecule has 0 aromatic rings. The first-order chi connectivity index (χ1) is 24.2. The summed E-state index contributed by atoms with van der Waals surface area (Å²) in [5, 5.41) is 3.34. The predicted molar refractivity (Wildman–Crippen MR) is 201 cm³/mol. The lowest BCUT2D eigenvalue weighted by Gasteiger charge is -2.19. The summed E-state index contributed by atoms with van der Waals surface area (Å²) in [7, 11) is 4.02. The van der Waals surface area contributed by atoms with Crippen LogP contribution in [0.3, 0.4) is 0 Å². The Hall–Kier alpha value is -2.20. The third kappa shape index (κ3) is 33.0. The first kappa shape index (κ1) is 47.8. The van der Waals surface area contributed by atoms with Crippen molar-refractivity contribution >= 4 is 23.9 Å². The van der Waals surface area contributed by atoms with Gasteiger partial charge in [0.1, 0.15) is 19.3 Å². The van der Waals surface area contributed by atoms with Crippen molar-refractivity contribution in [3.05, 3.63) is 0 Å². The van der Waals surface area contributed by atoms with Crippen LogP contribution in [-0.4, -0.2) is 87.9 Å². The van der Waals surface area contributed by atoms with Crippen LogP contribution in [0.15, 0.2) is 0 Å². The van der Waals surface area contributed by atoms with Gasteiger partial charge in [-0.15, -0.1) is 0 Å². The fraction of sp³-hybridized carbons (Fsp3) is 0.900. The normalized spacial score (nSPS) is 12.4. The van der Waals surface area contributed by atoms with Crippen molar-refractivity contribution in [2.45, 2.75) is 187 Å². The molecule has 1 unspecified atom stereocenters. The second-order valence-corrected chi connectivity index (χ2v) is 14.0. The van der Waals surface area contributed by atoms with Gasteiger partial charge in [0.25, 0.3) is 0 Å². The van der Waals surface area contributed by atoms with Gasteiger partial charge < -0.3 is 29.2 Å². The fourth-order valence-corrected chi connectivity index (χ4v) is 5.54. The van der Waals surface area contributed by atoms with Gasteiger partial charge in [0.2, 0.25) is 0 Å². The Morgan fingerprint density at radius 1 is 0.540 bits per heavy atom. The molecule has 0 rings (SSSR count). The van der Waals surface area contributed by atoms with Crippen LogP contribution in [0.1, 0.15) is 175 Å². The van der Waals surface area contributed by atoms with Gasteiger partial charge in [0, 0.05) is 25.7 Å². The average Bonchev–Trinajstić information content (AvgIpc) is 3.09. The van der Waals surface area contributed by atoms with Crippen LogP contribution in [0.5, 0.6) is 0 Å². The highest BCUT2D eigenvalue weighted by Crippen LogP contribution is 2.14. The zero-order valence-electron chi connectivity index (χ0n) is 32.9. The van der Waals surface area contributed by atoms with Crippen molar-refractivity contribution in [2.24, 2.45) is 0 Å². The van der Waals surface area contributed by atoms with Crippen molar-refractivity contribution in [2.75, 3.05) is 47.0 Å². The molecule has 0 heterocycles. The van der Waals surface area contributed by atoms with Crippen LogP contribution in [-0.2, 0) is 38.1 Å². The van der Waals surface area contributed by atoms with E-state index in [0.29, 0.717) is 51.7 Å². The largest absolute Gasteiger partial charge is 0.466 e. The van der Waals surface area contributed by atoms with E-state index in [1.54, 1.807) is 0 Å². The quantitative estimate of drug-likeness (QED) is 0.0385. The molecule has 0 amide bonds. The number of carbonyl (C=O) groups is 4. The summed E-state index contributed by atoms with van der Waals surface area (Å²) in [6, 6.07) is -0.320. The van der Waals surface area contributed by atoms with Crippen LogP contribution >= 0.6 is 0 Å². The Balaban J connectivity index is 4.26. The maximum Gasteiger partial charge on any atom is 0.306 e. The van der Waals surface area contributed by atoms with E-state index in [4.69, 9.17) is 18.9 Å². The van der Waals surface area contributed by atoms with E-state index in [2.05, 4.69) is 31.0 Å². The molecule has 0 aliphatic carbocycles. The number of hydrogen-bond donors (Lipinski definition) is 1. The minimum Gasteiger partial charge on any atom is -0.466 e. The summed E-state index contributed by atoms with van der Waals surface area (Å²) < 4.78 is 22.0. The number of carbonyl (C=O) groups excluding carboxylic acids is 4. The molecule has 0 saturated carbocycles. The zero-order chi connectivity index (χ0) is 37.1. The molecule has 10 nitrogen and oxygen atoms in total. The van der Waals surface area contributed by atoms with Crippen LogP contribution in [0.2, 0.25) is 0 Å². The molecular formula is C40H76N2O8. The third-order valence-electron chi connectivity index (χ3n) is 8.77. The number of nitrogens with zero attached hydrogens (tertiary/aromatic N) is 1. The van der Waals surface area contributed by atoms with E-state index in [1.807, 2.05) is 14.1 Å². The molecule has 0 spiro atoms. The van der Waals surface area contributed by atoms with Crippen molar-refractivity contribution in [3.8, 4) is 0 Å². The van der Waals surface area contributed by atoms with Crippen molar-refractivity contribution < 1.29 is 38.1 Å². The SMILES string of the molecule is CCCCCCCCCOC(=O)CCCCC(=O)OCC(COC(=O)CCCCC(=O)O[C@@H](CC)CCCCCCCC)NCCCN(C)C. The van der Waals surface area contributed by atoms with E-state index in [-0.39, 0.29) is 62.1 Å². The molecule has 1 N–H and O–H groups in total. The molecule has 0 aromatic heterocycles. The summed E-state index contributed by atoms with van der Waals surface area (Å²) in [6.45, 7) is 8.73. The van der Waals surface area contributed by atoms with Gasteiger partial charge in [-0.25, -0.2) is 0 Å². The van der Waals surface area contributed by atoms with Gasteiger partial charge >= 0.3 is 23.9 Å². The lowest BCUT2D eigenvalue weighted by atomic mass is 10.1. The van der Waals surface area contributed by atoms with E-state index in [1.165, 1.54) is 64.2 Å². The lowest BCUT2D eigenvalue weighted by molar-refractivity contribution is -0.151. The lowest BCUT2D eigenvalue weighted by Crippen LogP contribution is -2.40. The highest BCUT2D eigenvalue weighted by molar-refractivity contribution is 5.71. The summed E-state index contributed by atoms with van der Waals surface area (Å²) >= 11 is 0. The maximum absolute atomic E-state index is 12.4. The van der Waals surface area contributed by atoms with Gasteiger partial charge in [-0.05, 0) is 85.0 Å². The molecule has 0 saturated heterocycles. The monoisotopic (exact) mass is 713 g/mol. The zero-order valence-corrected chi connectivity index (χ0v) is 32.9. The Labute approximate surface area is 305 Å². The van der Waals surface area contributed by atoms with Gasteiger partial charge in [-0.2, -0.15) is 0 Å². The van der Waals surface area contributed by atoms with Crippen molar-refractivity contribution in [1.82, 2.24) is 10.2 Å². The number of rotatable bonds is 36. The predicted octanol–water partition coefficient (Wildman–Crippen LogP) is 8.47. The standard InChI is InChI=1S/C40H76N2O8/c1-6-9-11-13-15-17-23-32-47-37(43)26-19-20-27-38(44)48-33-35(41-30-24-31-42(4)5)34-49-39(45)28-21-22-29-40(46)50-36(8-3)25-18-16-14-12-10-7-2/h35-36,41H,6-34H2,1-5H3/t35?,36-/m0/s1. The second-order valence-electron chi connectivity index (χ2n) is 14.0. The summed E-state index contributed by atoms with van der Waals surface area (Å²) in [5.41, 5.74) is 0. The molecule has 10 heteroatoms. The topological polar surface area (TPSA) is 120 Å². The number of nitrogens with one attached hydrogen (secondary N) is 1. The van der Waals surface area contributed by atoms with Gasteiger partial charge in [0.15, 0.2) is 0 Å². The minimum absolute atomic E-state index is 0.0249. The fourth-order valence-electron chi connectivity index (χ4n) is 5.54. The molecule has 0 aromatic carbocycles. The Morgan fingerprint density at radius 3 is 1.50 bits per heavy atom. The first-order valence-corrected chi connectivity index (χ1v) is 20.3. The smallest absolute Gasteiger partial charge is 0.306 e. The number of unbranched alkanes of at least 4 members (excludes halogenated alkanes) is 13. The van der Waals surface area contributed by atoms with Gasteiger partial charge in [-0.1, -0.05) is 91.4 Å². The van der Waals surface area contributed by atoms with Crippen molar-refractivity contribution in [3.63, 3.8) is 0 Å². The van der Waals surface area contributed by atoms with Gasteiger partial charge in [-0.3, -0.25) is 19.2 Å². The molecule has 0 aliphatic rings. The molecule has 0 fully saturated rings. The third-order valence-corrected chi connectivity index (χ3v) is 8.77. The average molecular weight is 713 g/mol. The highest BCUT2D eigenvalue weighted by atomic mass is 16.6. The molecule has 0 bridgehead atoms. The van der Waals surface area contributed by atoms with Crippen molar-refractivity contribution in [1.29, 1.82) is 0 Å². The Bertz CT molecular complexity index is 838. The molecule has 50 heavy (non-hydrogen) atoms. The van der Waals surface area contributed by atoms with E-state index in [9.17, 15) is 19.2 Å². The highest BCUT2D eigenvalue weighted by Gasteiger charge is 2.16. The minimum atomic E-state index is -0.336. The summed E-state index contributed by atoms with van der Waals surface area (Å²) in [6.07, 6.45) is 21.4.